The fourth-order valence-corrected chi connectivity index (χ4v) is 5.10. The molecule has 1 aliphatic heterocycles. The zero-order chi connectivity index (χ0) is 23.3. The van der Waals surface area contributed by atoms with E-state index in [1.807, 2.05) is 45.9 Å². The Morgan fingerprint density at radius 3 is 2.71 bits per heavy atom. The van der Waals surface area contributed by atoms with Crippen LogP contribution < -0.4 is 4.74 Å². The molecular formula is C27H26N4O2S. The number of fused-ring (bicyclic) bond motifs is 2. The number of benzene rings is 3. The van der Waals surface area contributed by atoms with Crippen molar-refractivity contribution in [1.29, 1.82) is 0 Å². The standard InChI is InChI=1S/C27H26N4O2S/c1-2-15-31-25(18-33-24-13-7-11-21-9-5-6-12-23(21)24)28-29-27(31)34-19-26(32)30-16-14-20-8-3-4-10-22(20)17-30/h2-13H,1,14-19H2. The molecule has 0 unspecified atom stereocenters. The zero-order valence-corrected chi connectivity index (χ0v) is 19.7. The molecule has 4 aromatic rings. The van der Waals surface area contributed by atoms with Crippen molar-refractivity contribution in [3.8, 4) is 5.75 Å². The van der Waals surface area contributed by atoms with Crippen LogP contribution in [0.25, 0.3) is 10.8 Å². The van der Waals surface area contributed by atoms with Gasteiger partial charge in [0.2, 0.25) is 5.91 Å². The first-order chi connectivity index (χ1) is 16.7. The Kier molecular flexibility index (Phi) is 6.62. The van der Waals surface area contributed by atoms with Gasteiger partial charge in [-0.2, -0.15) is 0 Å². The number of rotatable bonds is 8. The first-order valence-corrected chi connectivity index (χ1v) is 12.3. The summed E-state index contributed by atoms with van der Waals surface area (Å²) in [6.45, 7) is 6.12. The molecular weight excluding hydrogens is 444 g/mol. The molecule has 0 atom stereocenters. The van der Waals surface area contributed by atoms with Crippen LogP contribution in [0.1, 0.15) is 17.0 Å². The maximum absolute atomic E-state index is 12.9. The maximum Gasteiger partial charge on any atom is 0.233 e. The van der Waals surface area contributed by atoms with Crippen LogP contribution in [0.5, 0.6) is 5.75 Å². The monoisotopic (exact) mass is 470 g/mol. The van der Waals surface area contributed by atoms with Gasteiger partial charge >= 0.3 is 0 Å². The molecule has 2 heterocycles. The molecule has 6 nitrogen and oxygen atoms in total. The molecule has 172 valence electrons. The Bertz CT molecular complexity index is 1330. The van der Waals surface area contributed by atoms with Gasteiger partial charge in [-0.1, -0.05) is 78.5 Å². The molecule has 0 saturated carbocycles. The van der Waals surface area contributed by atoms with Gasteiger partial charge in [0.05, 0.1) is 5.75 Å². The molecule has 1 aliphatic rings. The summed E-state index contributed by atoms with van der Waals surface area (Å²) >= 11 is 1.41. The normalized spacial score (nSPS) is 13.0. The molecule has 0 bridgehead atoms. The number of carbonyl (C=O) groups excluding carboxylic acids is 1. The van der Waals surface area contributed by atoms with E-state index in [1.54, 1.807) is 6.08 Å². The largest absolute Gasteiger partial charge is 0.485 e. The summed E-state index contributed by atoms with van der Waals surface area (Å²) in [4.78, 5) is 14.8. The van der Waals surface area contributed by atoms with Gasteiger partial charge in [0.1, 0.15) is 12.4 Å². The van der Waals surface area contributed by atoms with Crippen molar-refractivity contribution < 1.29 is 9.53 Å². The second-order valence-corrected chi connectivity index (χ2v) is 9.13. The molecule has 0 N–H and O–H groups in total. The summed E-state index contributed by atoms with van der Waals surface area (Å²) < 4.78 is 8.08. The number of aromatic nitrogens is 3. The van der Waals surface area contributed by atoms with E-state index in [0.717, 1.165) is 29.5 Å². The summed E-state index contributed by atoms with van der Waals surface area (Å²) in [6, 6.07) is 22.5. The van der Waals surface area contributed by atoms with Crippen molar-refractivity contribution in [2.75, 3.05) is 12.3 Å². The average molecular weight is 471 g/mol. The lowest BCUT2D eigenvalue weighted by Gasteiger charge is -2.28. The highest BCUT2D eigenvalue weighted by Crippen LogP contribution is 2.27. The summed E-state index contributed by atoms with van der Waals surface area (Å²) in [6.07, 6.45) is 2.70. The number of allylic oxidation sites excluding steroid dienone is 1. The number of thioether (sulfide) groups is 1. The van der Waals surface area contributed by atoms with Crippen molar-refractivity contribution in [2.24, 2.45) is 0 Å². The van der Waals surface area contributed by atoms with Gasteiger partial charge < -0.3 is 9.64 Å². The number of hydrogen-bond acceptors (Lipinski definition) is 5. The topological polar surface area (TPSA) is 60.2 Å². The summed E-state index contributed by atoms with van der Waals surface area (Å²) in [7, 11) is 0. The second kappa shape index (κ2) is 10.1. The molecule has 5 rings (SSSR count). The van der Waals surface area contributed by atoms with Crippen LogP contribution in [-0.4, -0.2) is 37.9 Å². The fourth-order valence-electron chi connectivity index (χ4n) is 4.24. The molecule has 3 aromatic carbocycles. The van der Waals surface area contributed by atoms with Gasteiger partial charge in [-0.05, 0) is 29.0 Å². The minimum absolute atomic E-state index is 0.112. The van der Waals surface area contributed by atoms with Gasteiger partial charge in [-0.3, -0.25) is 9.36 Å². The van der Waals surface area contributed by atoms with E-state index in [0.29, 0.717) is 29.8 Å². The van der Waals surface area contributed by atoms with E-state index < -0.39 is 0 Å². The van der Waals surface area contributed by atoms with Gasteiger partial charge in [0, 0.05) is 25.0 Å². The third kappa shape index (κ3) is 4.70. The third-order valence-corrected chi connectivity index (χ3v) is 6.97. The Morgan fingerprint density at radius 1 is 1.03 bits per heavy atom. The fraction of sp³-hybridized carbons (Fsp3) is 0.222. The van der Waals surface area contributed by atoms with Crippen molar-refractivity contribution in [1.82, 2.24) is 19.7 Å². The zero-order valence-electron chi connectivity index (χ0n) is 18.9. The van der Waals surface area contributed by atoms with E-state index in [2.05, 4.69) is 47.1 Å². The minimum Gasteiger partial charge on any atom is -0.485 e. The van der Waals surface area contributed by atoms with Crippen LogP contribution in [0.3, 0.4) is 0 Å². The van der Waals surface area contributed by atoms with E-state index in [-0.39, 0.29) is 12.5 Å². The number of hydrogen-bond donors (Lipinski definition) is 0. The van der Waals surface area contributed by atoms with Gasteiger partial charge in [-0.15, -0.1) is 16.8 Å². The van der Waals surface area contributed by atoms with Gasteiger partial charge in [0.15, 0.2) is 11.0 Å². The van der Waals surface area contributed by atoms with Crippen LogP contribution in [-0.2, 0) is 30.9 Å². The van der Waals surface area contributed by atoms with Crippen molar-refractivity contribution in [3.63, 3.8) is 0 Å². The van der Waals surface area contributed by atoms with E-state index in [9.17, 15) is 4.79 Å². The lowest BCUT2D eigenvalue weighted by Crippen LogP contribution is -2.37. The number of nitrogens with zero attached hydrogens (tertiary/aromatic N) is 4. The Labute approximate surface area is 203 Å². The molecule has 7 heteroatoms. The smallest absolute Gasteiger partial charge is 0.233 e. The maximum atomic E-state index is 12.9. The highest BCUT2D eigenvalue weighted by atomic mass is 32.2. The second-order valence-electron chi connectivity index (χ2n) is 8.19. The summed E-state index contributed by atoms with van der Waals surface area (Å²) in [5.41, 5.74) is 2.57. The van der Waals surface area contributed by atoms with Crippen LogP contribution in [0.4, 0.5) is 0 Å². The van der Waals surface area contributed by atoms with E-state index in [1.165, 1.54) is 22.9 Å². The number of ether oxygens (including phenoxy) is 1. The van der Waals surface area contributed by atoms with E-state index >= 15 is 0 Å². The van der Waals surface area contributed by atoms with Crippen LogP contribution in [0, 0.1) is 0 Å². The van der Waals surface area contributed by atoms with Crippen LogP contribution in [0.2, 0.25) is 0 Å². The predicted octanol–water partition coefficient (Wildman–Crippen LogP) is 4.87. The Balaban J connectivity index is 1.25. The quantitative estimate of drug-likeness (QED) is 0.272. The lowest BCUT2D eigenvalue weighted by molar-refractivity contribution is -0.129. The highest BCUT2D eigenvalue weighted by Gasteiger charge is 2.22. The first-order valence-electron chi connectivity index (χ1n) is 11.3. The average Bonchev–Trinajstić information content (AvgIpc) is 3.27. The third-order valence-electron chi connectivity index (χ3n) is 6.02. The molecule has 34 heavy (non-hydrogen) atoms. The molecule has 0 fully saturated rings. The SMILES string of the molecule is C=CCn1c(COc2cccc3ccccc23)nnc1SCC(=O)N1CCc2ccccc2C1. The van der Waals surface area contributed by atoms with Crippen LogP contribution >= 0.6 is 11.8 Å². The predicted molar refractivity (Wildman–Crippen MR) is 135 cm³/mol. The molecule has 0 aliphatic carbocycles. The lowest BCUT2D eigenvalue weighted by atomic mass is 10.00. The molecule has 0 radical (unpaired) electrons. The minimum atomic E-state index is 0.112. The first kappa shape index (κ1) is 22.2. The van der Waals surface area contributed by atoms with Crippen molar-refractivity contribution >= 4 is 28.4 Å². The van der Waals surface area contributed by atoms with Crippen molar-refractivity contribution in [3.05, 3.63) is 96.3 Å². The highest BCUT2D eigenvalue weighted by molar-refractivity contribution is 7.99. The van der Waals surface area contributed by atoms with Gasteiger partial charge in [-0.25, -0.2) is 0 Å². The Morgan fingerprint density at radius 2 is 1.82 bits per heavy atom. The summed E-state index contributed by atoms with van der Waals surface area (Å²) in [5, 5.41) is 11.6. The molecule has 1 amide bonds. The van der Waals surface area contributed by atoms with Gasteiger partial charge in [0.25, 0.3) is 0 Å². The summed E-state index contributed by atoms with van der Waals surface area (Å²) in [5.74, 6) is 1.94. The molecule has 0 spiro atoms. The number of amides is 1. The number of carbonyl (C=O) groups is 1. The van der Waals surface area contributed by atoms with E-state index in [4.69, 9.17) is 4.74 Å². The van der Waals surface area contributed by atoms with Crippen LogP contribution in [0.15, 0.2) is 84.5 Å². The molecule has 0 saturated heterocycles. The molecule has 1 aromatic heterocycles. The van der Waals surface area contributed by atoms with Crippen molar-refractivity contribution in [2.45, 2.75) is 31.3 Å². The Hall–Kier alpha value is -3.58.